The summed E-state index contributed by atoms with van der Waals surface area (Å²) in [5.41, 5.74) is -0.691. The summed E-state index contributed by atoms with van der Waals surface area (Å²) in [6.07, 6.45) is 2.20. The van der Waals surface area contributed by atoms with Gasteiger partial charge >= 0.3 is 6.03 Å². The third-order valence-electron chi connectivity index (χ3n) is 7.10. The Morgan fingerprint density at radius 3 is 2.47 bits per heavy atom. The molecule has 1 saturated carbocycles. The number of nitrogens with zero attached hydrogens (tertiary/aromatic N) is 2. The molecule has 1 aliphatic carbocycles. The molecule has 0 radical (unpaired) electrons. The first kappa shape index (κ1) is 19.5. The van der Waals surface area contributed by atoms with Crippen molar-refractivity contribution in [2.24, 2.45) is 5.41 Å². The summed E-state index contributed by atoms with van der Waals surface area (Å²) in [5.74, 6) is -0.292. The van der Waals surface area contributed by atoms with E-state index in [1.165, 1.54) is 28.6 Å². The number of carbonyl (C=O) groups excluding carboxylic acids is 2. The molecule has 156 valence electrons. The highest BCUT2D eigenvalue weighted by molar-refractivity contribution is 8.01. The third-order valence-corrected chi connectivity index (χ3v) is 8.61. The Labute approximate surface area is 180 Å². The van der Waals surface area contributed by atoms with Gasteiger partial charge in [-0.1, -0.05) is 54.2 Å². The molecular weight excluding hydrogens is 398 g/mol. The summed E-state index contributed by atoms with van der Waals surface area (Å²) in [6.45, 7) is 0. The zero-order valence-electron chi connectivity index (χ0n) is 17.1. The van der Waals surface area contributed by atoms with Gasteiger partial charge in [0.25, 0.3) is 0 Å². The van der Waals surface area contributed by atoms with Crippen molar-refractivity contribution in [3.8, 4) is 0 Å². The molecule has 1 saturated heterocycles. The fourth-order valence-corrected chi connectivity index (χ4v) is 7.10. The minimum atomic E-state index is -1.65. The maximum atomic E-state index is 13.6. The molecule has 3 aliphatic rings. The molecule has 3 amide bonds. The monoisotopic (exact) mass is 423 g/mol. The van der Waals surface area contributed by atoms with Crippen LogP contribution in [0.2, 0.25) is 0 Å². The number of urea groups is 1. The summed E-state index contributed by atoms with van der Waals surface area (Å²) < 4.78 is 0. The van der Waals surface area contributed by atoms with Crippen LogP contribution in [-0.2, 0) is 11.2 Å². The highest BCUT2D eigenvalue weighted by Gasteiger charge is 2.77. The maximum Gasteiger partial charge on any atom is 0.328 e. The molecule has 2 aliphatic heterocycles. The Morgan fingerprint density at radius 2 is 1.73 bits per heavy atom. The van der Waals surface area contributed by atoms with Gasteiger partial charge in [-0.3, -0.25) is 14.6 Å². The molecule has 2 aromatic rings. The standard InChI is InChI=1S/C23H25N3O3S/c1-25-19(27)21(13-12-16-8-4-3-5-9-16)14-15-22(23(21,29)26(2)20(25)28)24-17-10-6-7-11-18(17)30-22/h3-11,24,29H,12-15H2,1-2H3/t21-,22-,23-/m0/s1. The number of amides is 3. The van der Waals surface area contributed by atoms with E-state index in [0.29, 0.717) is 25.7 Å². The van der Waals surface area contributed by atoms with Crippen LogP contribution >= 0.6 is 11.8 Å². The average Bonchev–Trinajstić information content (AvgIpc) is 3.27. The lowest BCUT2D eigenvalue weighted by atomic mass is 9.70. The third kappa shape index (κ3) is 2.30. The van der Waals surface area contributed by atoms with E-state index in [2.05, 4.69) is 5.32 Å². The van der Waals surface area contributed by atoms with Gasteiger partial charge in [0.05, 0.1) is 0 Å². The number of carbonyl (C=O) groups is 2. The molecule has 0 aromatic heterocycles. The molecule has 6 nitrogen and oxygen atoms in total. The van der Waals surface area contributed by atoms with Crippen LogP contribution in [0.3, 0.4) is 0 Å². The normalized spacial score (nSPS) is 32.4. The van der Waals surface area contributed by atoms with Gasteiger partial charge in [0.1, 0.15) is 10.3 Å². The number of aliphatic hydroxyl groups is 1. The average molecular weight is 424 g/mol. The second-order valence-electron chi connectivity index (χ2n) is 8.50. The molecule has 7 heteroatoms. The number of benzene rings is 2. The number of fused-ring (bicyclic) bond motifs is 3. The number of likely N-dealkylation sites (N-methyl/N-ethyl adjacent to an activating group) is 1. The van der Waals surface area contributed by atoms with E-state index in [4.69, 9.17) is 0 Å². The Bertz CT molecular complexity index is 1000. The van der Waals surface area contributed by atoms with Gasteiger partial charge in [-0.15, -0.1) is 0 Å². The van der Waals surface area contributed by atoms with E-state index in [1.807, 2.05) is 54.6 Å². The van der Waals surface area contributed by atoms with Crippen molar-refractivity contribution >= 4 is 29.4 Å². The van der Waals surface area contributed by atoms with Gasteiger partial charge in [0.15, 0.2) is 5.72 Å². The zero-order chi connectivity index (χ0) is 21.1. The van der Waals surface area contributed by atoms with Crippen LogP contribution in [0.1, 0.15) is 24.8 Å². The van der Waals surface area contributed by atoms with E-state index in [1.54, 1.807) is 7.05 Å². The molecule has 2 N–H and O–H groups in total. The van der Waals surface area contributed by atoms with Gasteiger partial charge in [-0.25, -0.2) is 4.79 Å². The van der Waals surface area contributed by atoms with Crippen molar-refractivity contribution in [1.29, 1.82) is 0 Å². The molecule has 2 heterocycles. The number of aryl methyl sites for hydroxylation is 1. The van der Waals surface area contributed by atoms with Crippen molar-refractivity contribution in [3.63, 3.8) is 0 Å². The van der Waals surface area contributed by atoms with E-state index < -0.39 is 22.0 Å². The molecular formula is C23H25N3O3S. The number of nitrogens with one attached hydrogen (secondary N) is 1. The molecule has 3 atom stereocenters. The van der Waals surface area contributed by atoms with Crippen molar-refractivity contribution in [2.45, 2.75) is 41.2 Å². The molecule has 1 spiro atoms. The molecule has 5 rings (SSSR count). The summed E-state index contributed by atoms with van der Waals surface area (Å²) in [5, 5.41) is 15.9. The van der Waals surface area contributed by atoms with Crippen molar-refractivity contribution < 1.29 is 14.7 Å². The quantitative estimate of drug-likeness (QED) is 0.790. The summed E-state index contributed by atoms with van der Waals surface area (Å²) in [7, 11) is 3.13. The second-order valence-corrected chi connectivity index (χ2v) is 9.84. The van der Waals surface area contributed by atoms with Crippen molar-refractivity contribution in [2.75, 3.05) is 19.4 Å². The summed E-state index contributed by atoms with van der Waals surface area (Å²) >= 11 is 1.53. The van der Waals surface area contributed by atoms with E-state index in [9.17, 15) is 14.7 Å². The number of imide groups is 1. The Kier molecular flexibility index (Phi) is 4.21. The van der Waals surface area contributed by atoms with Crippen LogP contribution in [0, 0.1) is 5.41 Å². The number of anilines is 1. The lowest BCUT2D eigenvalue weighted by molar-refractivity contribution is -0.198. The predicted molar refractivity (Wildman–Crippen MR) is 116 cm³/mol. The first-order valence-corrected chi connectivity index (χ1v) is 11.0. The number of rotatable bonds is 3. The minimum Gasteiger partial charge on any atom is -0.367 e. The predicted octanol–water partition coefficient (Wildman–Crippen LogP) is 3.53. The van der Waals surface area contributed by atoms with E-state index in [0.717, 1.165) is 16.1 Å². The summed E-state index contributed by atoms with van der Waals surface area (Å²) in [6, 6.07) is 17.4. The Balaban J connectivity index is 1.60. The first-order chi connectivity index (χ1) is 14.3. The first-order valence-electron chi connectivity index (χ1n) is 10.2. The number of thioether (sulfide) groups is 1. The van der Waals surface area contributed by atoms with Crippen LogP contribution in [-0.4, -0.2) is 51.5 Å². The fourth-order valence-electron chi connectivity index (χ4n) is 5.51. The lowest BCUT2D eigenvalue weighted by Gasteiger charge is -2.56. The van der Waals surface area contributed by atoms with Crippen LogP contribution < -0.4 is 5.32 Å². The van der Waals surface area contributed by atoms with Crippen LogP contribution in [0.15, 0.2) is 59.5 Å². The van der Waals surface area contributed by atoms with Crippen LogP contribution in [0.25, 0.3) is 0 Å². The van der Waals surface area contributed by atoms with Crippen molar-refractivity contribution in [1.82, 2.24) is 9.80 Å². The topological polar surface area (TPSA) is 72.9 Å². The fraction of sp³-hybridized carbons (Fsp3) is 0.391. The van der Waals surface area contributed by atoms with Crippen LogP contribution in [0.5, 0.6) is 0 Å². The smallest absolute Gasteiger partial charge is 0.328 e. The van der Waals surface area contributed by atoms with Crippen molar-refractivity contribution in [3.05, 3.63) is 60.2 Å². The SMILES string of the molecule is CN1C(=O)N(C)[C@]2(O)[C@@](CCc3ccccc3)(CC[C@@]23Nc2ccccc2S3)C1=O. The van der Waals surface area contributed by atoms with Gasteiger partial charge in [0, 0.05) is 24.7 Å². The zero-order valence-corrected chi connectivity index (χ0v) is 17.9. The van der Waals surface area contributed by atoms with Gasteiger partial charge in [0.2, 0.25) is 5.91 Å². The largest absolute Gasteiger partial charge is 0.367 e. The Hall–Kier alpha value is -2.51. The van der Waals surface area contributed by atoms with E-state index in [-0.39, 0.29) is 5.91 Å². The van der Waals surface area contributed by atoms with Gasteiger partial charge in [-0.05, 0) is 43.4 Å². The minimum absolute atomic E-state index is 0.292. The highest BCUT2D eigenvalue weighted by atomic mass is 32.2. The Morgan fingerprint density at radius 1 is 1.03 bits per heavy atom. The van der Waals surface area contributed by atoms with E-state index >= 15 is 0 Å². The van der Waals surface area contributed by atoms with Gasteiger partial charge in [-0.2, -0.15) is 0 Å². The molecule has 30 heavy (non-hydrogen) atoms. The maximum absolute atomic E-state index is 13.6. The van der Waals surface area contributed by atoms with Gasteiger partial charge < -0.3 is 10.4 Å². The lowest BCUT2D eigenvalue weighted by Crippen LogP contribution is -2.77. The summed E-state index contributed by atoms with van der Waals surface area (Å²) in [4.78, 5) is 29.3. The molecule has 2 aromatic carbocycles. The van der Waals surface area contributed by atoms with Crippen LogP contribution in [0.4, 0.5) is 10.5 Å². The number of hydrogen-bond donors (Lipinski definition) is 2. The molecule has 0 unspecified atom stereocenters. The number of hydrogen-bond acceptors (Lipinski definition) is 5. The molecule has 2 fully saturated rings. The molecule has 0 bridgehead atoms. The highest BCUT2D eigenvalue weighted by Crippen LogP contribution is 2.66. The number of para-hydroxylation sites is 1. The second kappa shape index (κ2) is 6.49.